The van der Waals surface area contributed by atoms with Gasteiger partial charge in [0.05, 0.1) is 40.5 Å². The third-order valence-corrected chi connectivity index (χ3v) is 6.93. The average molecular weight is 651 g/mol. The van der Waals surface area contributed by atoms with Crippen molar-refractivity contribution >= 4 is 30.5 Å². The summed E-state index contributed by atoms with van der Waals surface area (Å²) in [6.07, 6.45) is -0.0595. The first-order valence-corrected chi connectivity index (χ1v) is 14.2. The number of pyridine rings is 1. The molecular weight excluding hydrogens is 617 g/mol. The molecule has 0 aliphatic heterocycles. The summed E-state index contributed by atoms with van der Waals surface area (Å²) in [5.41, 5.74) is 2.32. The molecule has 0 saturated heterocycles. The monoisotopic (exact) mass is 650 g/mol. The van der Waals surface area contributed by atoms with Gasteiger partial charge in [-0.15, -0.1) is 0 Å². The summed E-state index contributed by atoms with van der Waals surface area (Å²) >= 11 is 0. The molecule has 0 amide bonds. The molecule has 0 atom stereocenters. The second-order valence-corrected chi connectivity index (χ2v) is 9.81. The van der Waals surface area contributed by atoms with E-state index in [1.54, 1.807) is 17.6 Å². The van der Waals surface area contributed by atoms with Crippen LogP contribution >= 0.6 is 13.5 Å². The minimum absolute atomic E-state index is 0. The third kappa shape index (κ3) is 7.85. The van der Waals surface area contributed by atoms with E-state index in [0.29, 0.717) is 35.6 Å². The molecule has 0 bridgehead atoms. The molecule has 0 saturated carbocycles. The minimum atomic E-state index is -1.08. The van der Waals surface area contributed by atoms with E-state index in [2.05, 4.69) is 9.97 Å². The lowest BCUT2D eigenvalue weighted by molar-refractivity contribution is 0.0697. The Morgan fingerprint density at radius 2 is 1.72 bits per heavy atom. The summed E-state index contributed by atoms with van der Waals surface area (Å²) in [4.78, 5) is 20.5. The molecule has 0 spiro atoms. The lowest BCUT2D eigenvalue weighted by Crippen LogP contribution is -2.10. The lowest BCUT2D eigenvalue weighted by Gasteiger charge is -2.12. The molecule has 1 N–H and O–H groups in total. The van der Waals surface area contributed by atoms with E-state index >= 15 is 8.78 Å². The second-order valence-electron chi connectivity index (χ2n) is 9.81. The number of carboxylic acid groups (broad SMARTS) is 1. The Morgan fingerprint density at radius 3 is 2.39 bits per heavy atom. The van der Waals surface area contributed by atoms with Gasteiger partial charge in [-0.1, -0.05) is 26.0 Å². The highest BCUT2D eigenvalue weighted by Gasteiger charge is 2.20. The number of hydrogen-bond acceptors (Lipinski definition) is 6. The van der Waals surface area contributed by atoms with Crippen LogP contribution in [0.1, 0.15) is 52.3 Å². The Kier molecular flexibility index (Phi) is 12.3. The largest absolute Gasteiger partial charge is 0.478 e. The van der Waals surface area contributed by atoms with Crippen LogP contribution in [0, 0.1) is 35.7 Å². The Morgan fingerprint density at radius 1 is 0.978 bits per heavy atom. The zero-order chi connectivity index (χ0) is 32.7. The van der Waals surface area contributed by atoms with Crippen molar-refractivity contribution in [2.75, 3.05) is 13.7 Å². The van der Waals surface area contributed by atoms with E-state index in [0.717, 1.165) is 18.2 Å². The number of benzene rings is 3. The van der Waals surface area contributed by atoms with Gasteiger partial charge >= 0.3 is 5.97 Å². The zero-order valence-corrected chi connectivity index (χ0v) is 26.7. The normalized spacial score (nSPS) is 10.5. The number of nitrogens with zero attached hydrogens (tertiary/aromatic N) is 4. The second kappa shape index (κ2) is 15.9. The predicted molar refractivity (Wildman–Crippen MR) is 173 cm³/mol. The molecule has 0 unspecified atom stereocenters. The SMILES string of the molecule is CC.COCCn1c(Cc2cc(F)c(-c3cccc(OCc4ccc(C#N)cc4F)n3)cc2F)nc2c(C)cc(C(=O)O)cc21.S. The number of aromatic carboxylic acids is 1. The quantitative estimate of drug-likeness (QED) is 0.168. The standard InChI is InChI=1S/C32H25F3N4O4.C2H6.H2S/c1-18-10-22(32(40)41)13-28-31(18)38-29(39(28)8-9-42-2)14-21-12-26(35)23(15-25(21)34)27-4-3-5-30(37-27)43-17-20-7-6-19(16-36)11-24(20)33;1-2;/h3-7,10-13,15H,8-9,14,17H2,1-2H3,(H,40,41);1-2H3;1H2. The fraction of sp³-hybridized carbons (Fsp3) is 0.235. The molecule has 0 aliphatic rings. The number of imidazole rings is 1. The highest BCUT2D eigenvalue weighted by atomic mass is 32.1. The average Bonchev–Trinajstić information content (AvgIpc) is 3.39. The summed E-state index contributed by atoms with van der Waals surface area (Å²) in [5.74, 6) is -2.59. The van der Waals surface area contributed by atoms with Crippen molar-refractivity contribution in [2.24, 2.45) is 0 Å². The number of halogens is 3. The molecule has 46 heavy (non-hydrogen) atoms. The van der Waals surface area contributed by atoms with Gasteiger partial charge in [0.1, 0.15) is 29.9 Å². The van der Waals surface area contributed by atoms with Gasteiger partial charge in [-0.2, -0.15) is 18.8 Å². The number of carboxylic acids is 1. The number of aryl methyl sites for hydroxylation is 1. The zero-order valence-electron chi connectivity index (χ0n) is 25.7. The number of aromatic nitrogens is 3. The maximum absolute atomic E-state index is 15.4. The fourth-order valence-corrected chi connectivity index (χ4v) is 4.75. The van der Waals surface area contributed by atoms with Crippen LogP contribution in [0.15, 0.2) is 60.7 Å². The maximum atomic E-state index is 15.4. The summed E-state index contributed by atoms with van der Waals surface area (Å²) in [5, 5.41) is 18.4. The number of ether oxygens (including phenoxy) is 2. The number of fused-ring (bicyclic) bond motifs is 1. The van der Waals surface area contributed by atoms with Crippen LogP contribution in [-0.4, -0.2) is 39.3 Å². The van der Waals surface area contributed by atoms with Gasteiger partial charge in [0, 0.05) is 37.3 Å². The van der Waals surface area contributed by atoms with Gasteiger partial charge in [-0.05, 0) is 60.5 Å². The summed E-state index contributed by atoms with van der Waals surface area (Å²) in [6.45, 7) is 6.19. The van der Waals surface area contributed by atoms with Gasteiger partial charge < -0.3 is 19.1 Å². The smallest absolute Gasteiger partial charge is 0.335 e. The van der Waals surface area contributed by atoms with Crippen LogP contribution < -0.4 is 4.74 Å². The molecule has 2 heterocycles. The molecule has 0 radical (unpaired) electrons. The minimum Gasteiger partial charge on any atom is -0.478 e. The molecule has 12 heteroatoms. The molecule has 2 aromatic heterocycles. The molecule has 0 fully saturated rings. The van der Waals surface area contributed by atoms with E-state index in [1.807, 2.05) is 19.9 Å². The lowest BCUT2D eigenvalue weighted by atomic mass is 10.0. The van der Waals surface area contributed by atoms with Crippen molar-refractivity contribution in [3.05, 3.63) is 112 Å². The van der Waals surface area contributed by atoms with Crippen LogP contribution in [0.5, 0.6) is 5.88 Å². The van der Waals surface area contributed by atoms with Crippen molar-refractivity contribution in [3.8, 4) is 23.2 Å². The molecule has 3 aromatic carbocycles. The molecule has 8 nitrogen and oxygen atoms in total. The maximum Gasteiger partial charge on any atom is 0.335 e. The van der Waals surface area contributed by atoms with Gasteiger partial charge in [-0.3, -0.25) is 0 Å². The van der Waals surface area contributed by atoms with Gasteiger partial charge in [0.25, 0.3) is 0 Å². The van der Waals surface area contributed by atoms with Crippen LogP contribution in [0.25, 0.3) is 22.3 Å². The topological polar surface area (TPSA) is 110 Å². The molecule has 240 valence electrons. The Balaban J connectivity index is 0.00000188. The van der Waals surface area contributed by atoms with Crippen molar-refractivity contribution in [1.82, 2.24) is 14.5 Å². The number of hydrogen-bond donors (Lipinski definition) is 1. The van der Waals surface area contributed by atoms with Gasteiger partial charge in [0.15, 0.2) is 0 Å². The van der Waals surface area contributed by atoms with E-state index in [-0.39, 0.29) is 65.9 Å². The van der Waals surface area contributed by atoms with Crippen molar-refractivity contribution in [1.29, 1.82) is 5.26 Å². The highest BCUT2D eigenvalue weighted by Crippen LogP contribution is 2.29. The highest BCUT2D eigenvalue weighted by molar-refractivity contribution is 7.59. The third-order valence-electron chi connectivity index (χ3n) is 6.93. The van der Waals surface area contributed by atoms with E-state index in [1.165, 1.54) is 43.5 Å². The number of nitriles is 1. The molecule has 5 aromatic rings. The first-order chi connectivity index (χ1) is 21.7. The van der Waals surface area contributed by atoms with Gasteiger partial charge in [-0.25, -0.2) is 27.9 Å². The molecule has 5 rings (SSSR count). The number of rotatable bonds is 10. The van der Waals surface area contributed by atoms with E-state index in [4.69, 9.17) is 14.7 Å². The van der Waals surface area contributed by atoms with Crippen LogP contribution in [0.2, 0.25) is 0 Å². The first kappa shape index (κ1) is 35.6. The fourth-order valence-electron chi connectivity index (χ4n) is 4.75. The Hall–Kier alpha value is -4.86. The van der Waals surface area contributed by atoms with Crippen molar-refractivity contribution in [2.45, 2.75) is 40.3 Å². The van der Waals surface area contributed by atoms with Crippen molar-refractivity contribution in [3.63, 3.8) is 0 Å². The predicted octanol–water partition coefficient (Wildman–Crippen LogP) is 7.35. The van der Waals surface area contributed by atoms with Crippen LogP contribution in [-0.2, 0) is 24.3 Å². The van der Waals surface area contributed by atoms with E-state index in [9.17, 15) is 14.3 Å². The summed E-state index contributed by atoms with van der Waals surface area (Å²) in [6, 6.07) is 15.6. The van der Waals surface area contributed by atoms with Gasteiger partial charge in [0.2, 0.25) is 5.88 Å². The van der Waals surface area contributed by atoms with Crippen molar-refractivity contribution < 1.29 is 32.5 Å². The summed E-state index contributed by atoms with van der Waals surface area (Å²) in [7, 11) is 1.53. The molecular formula is C34H33F3N4O4S. The summed E-state index contributed by atoms with van der Waals surface area (Å²) < 4.78 is 57.6. The van der Waals surface area contributed by atoms with E-state index < -0.39 is 23.4 Å². The first-order valence-electron chi connectivity index (χ1n) is 14.2. The number of methoxy groups -OCH3 is 1. The number of carbonyl (C=O) groups is 1. The Labute approximate surface area is 271 Å². The van der Waals surface area contributed by atoms with Crippen LogP contribution in [0.4, 0.5) is 13.2 Å². The van der Waals surface area contributed by atoms with Crippen LogP contribution in [0.3, 0.4) is 0 Å². The Bertz CT molecular complexity index is 1910. The molecule has 0 aliphatic carbocycles.